The van der Waals surface area contributed by atoms with Gasteiger partial charge in [-0.3, -0.25) is 0 Å². The zero-order valence-corrected chi connectivity index (χ0v) is 10.9. The van der Waals surface area contributed by atoms with Crippen LogP contribution in [0.15, 0.2) is 36.4 Å². The molecule has 0 aromatic heterocycles. The predicted molar refractivity (Wildman–Crippen MR) is 81.2 cm³/mol. The highest BCUT2D eigenvalue weighted by molar-refractivity contribution is 6.03. The Bertz CT molecular complexity index is 870. The van der Waals surface area contributed by atoms with Crippen LogP contribution in [0.5, 0.6) is 0 Å². The maximum atomic E-state index is 4.29. The standard InChI is InChI=1S/C18H16/c1-11-9-10-12(2)18-14(4)16-8-6-5-7-15(16)13(3)17(11)18/h5-10H,1,4H2,2-3H3. The molecule has 0 N–H and O–H groups in total. The molecule has 0 aliphatic rings. The fourth-order valence-electron chi connectivity index (χ4n) is 2.91. The van der Waals surface area contributed by atoms with Gasteiger partial charge in [0.15, 0.2) is 0 Å². The van der Waals surface area contributed by atoms with Crippen LogP contribution in [0, 0.1) is 13.8 Å². The minimum absolute atomic E-state index is 1.09. The summed E-state index contributed by atoms with van der Waals surface area (Å²) in [5.41, 5.74) is 2.58. The Kier molecular flexibility index (Phi) is 2.27. The lowest BCUT2D eigenvalue weighted by atomic mass is 9.92. The predicted octanol–water partition coefficient (Wildman–Crippen LogP) is 3.43. The van der Waals surface area contributed by atoms with E-state index in [-0.39, 0.29) is 0 Å². The second-order valence-corrected chi connectivity index (χ2v) is 4.94. The highest BCUT2D eigenvalue weighted by Gasteiger charge is 2.08. The highest BCUT2D eigenvalue weighted by atomic mass is 14.1. The van der Waals surface area contributed by atoms with E-state index in [0.29, 0.717) is 0 Å². The molecule has 0 bridgehead atoms. The van der Waals surface area contributed by atoms with Gasteiger partial charge >= 0.3 is 0 Å². The quantitative estimate of drug-likeness (QED) is 0.521. The van der Waals surface area contributed by atoms with Gasteiger partial charge in [0.2, 0.25) is 0 Å². The molecule has 0 heteroatoms. The molecule has 18 heavy (non-hydrogen) atoms. The van der Waals surface area contributed by atoms with E-state index in [1.54, 1.807) is 0 Å². The first-order valence-corrected chi connectivity index (χ1v) is 6.20. The van der Waals surface area contributed by atoms with E-state index in [1.165, 1.54) is 32.7 Å². The first kappa shape index (κ1) is 11.0. The Morgan fingerprint density at radius 1 is 0.778 bits per heavy atom. The number of benzene rings is 3. The van der Waals surface area contributed by atoms with Gasteiger partial charge in [0.25, 0.3) is 0 Å². The monoisotopic (exact) mass is 232 g/mol. The summed E-state index contributed by atoms with van der Waals surface area (Å²) in [6, 6.07) is 12.7. The van der Waals surface area contributed by atoms with E-state index in [1.807, 2.05) is 0 Å². The molecule has 3 aromatic carbocycles. The summed E-state index contributed by atoms with van der Waals surface area (Å²) < 4.78 is 0. The van der Waals surface area contributed by atoms with Crippen molar-refractivity contribution in [1.29, 1.82) is 0 Å². The second-order valence-electron chi connectivity index (χ2n) is 4.94. The molecule has 0 amide bonds. The van der Waals surface area contributed by atoms with Crippen molar-refractivity contribution in [2.45, 2.75) is 13.8 Å². The molecule has 3 rings (SSSR count). The van der Waals surface area contributed by atoms with Crippen molar-refractivity contribution in [2.24, 2.45) is 0 Å². The Labute approximate surface area is 107 Å². The molecular weight excluding hydrogens is 216 g/mol. The van der Waals surface area contributed by atoms with Crippen LogP contribution in [0.2, 0.25) is 0 Å². The van der Waals surface area contributed by atoms with E-state index in [2.05, 4.69) is 63.4 Å². The third kappa shape index (κ3) is 1.32. The molecule has 0 nitrogen and oxygen atoms in total. The molecule has 0 spiro atoms. The fourth-order valence-corrected chi connectivity index (χ4v) is 2.91. The molecule has 0 fully saturated rings. The van der Waals surface area contributed by atoms with Gasteiger partial charge in [-0.15, -0.1) is 0 Å². The third-order valence-corrected chi connectivity index (χ3v) is 3.83. The minimum atomic E-state index is 1.09. The lowest BCUT2D eigenvalue weighted by Crippen LogP contribution is -2.11. The SMILES string of the molecule is C=c1ccc(C)c2c(=C)c3ccccc3c(C)c12. The second kappa shape index (κ2) is 3.71. The highest BCUT2D eigenvalue weighted by Crippen LogP contribution is 2.23. The van der Waals surface area contributed by atoms with Crippen LogP contribution in [0.25, 0.3) is 34.7 Å². The van der Waals surface area contributed by atoms with Crippen molar-refractivity contribution in [2.75, 3.05) is 0 Å². The first-order chi connectivity index (χ1) is 8.61. The van der Waals surface area contributed by atoms with Crippen molar-refractivity contribution in [1.82, 2.24) is 0 Å². The molecule has 0 saturated heterocycles. The molecule has 0 unspecified atom stereocenters. The third-order valence-electron chi connectivity index (χ3n) is 3.83. The fraction of sp³-hybridized carbons (Fsp3) is 0.111. The van der Waals surface area contributed by atoms with Gasteiger partial charge in [-0.25, -0.2) is 0 Å². The Morgan fingerprint density at radius 2 is 1.44 bits per heavy atom. The summed E-state index contributed by atoms with van der Waals surface area (Å²) in [6.07, 6.45) is 0. The number of hydrogen-bond acceptors (Lipinski definition) is 0. The van der Waals surface area contributed by atoms with Gasteiger partial charge in [-0.1, -0.05) is 49.6 Å². The van der Waals surface area contributed by atoms with Gasteiger partial charge in [0.1, 0.15) is 0 Å². The van der Waals surface area contributed by atoms with Crippen LogP contribution < -0.4 is 10.4 Å². The van der Waals surface area contributed by atoms with E-state index in [0.717, 1.165) is 10.4 Å². The molecule has 0 radical (unpaired) electrons. The molecule has 0 heterocycles. The van der Waals surface area contributed by atoms with Crippen molar-refractivity contribution in [3.63, 3.8) is 0 Å². The number of aryl methyl sites for hydroxylation is 2. The molecular formula is C18H16. The normalized spacial score (nSPS) is 11.2. The zero-order chi connectivity index (χ0) is 12.9. The topological polar surface area (TPSA) is 0 Å². The van der Waals surface area contributed by atoms with Gasteiger partial charge in [0, 0.05) is 0 Å². The Morgan fingerprint density at radius 3 is 2.17 bits per heavy atom. The summed E-state index contributed by atoms with van der Waals surface area (Å²) in [6.45, 7) is 12.8. The average Bonchev–Trinajstić information content (AvgIpc) is 2.38. The molecule has 0 aliphatic heterocycles. The average molecular weight is 232 g/mol. The van der Waals surface area contributed by atoms with Crippen molar-refractivity contribution in [3.8, 4) is 0 Å². The van der Waals surface area contributed by atoms with Crippen LogP contribution in [0.1, 0.15) is 11.1 Å². The van der Waals surface area contributed by atoms with Gasteiger partial charge in [0.05, 0.1) is 0 Å². The zero-order valence-electron chi connectivity index (χ0n) is 10.9. The Balaban J connectivity index is 2.82. The summed E-state index contributed by atoms with van der Waals surface area (Å²) in [5, 5.41) is 7.26. The minimum Gasteiger partial charge on any atom is -0.0911 e. The molecule has 0 aliphatic carbocycles. The summed E-state index contributed by atoms with van der Waals surface area (Å²) >= 11 is 0. The maximum absolute atomic E-state index is 4.29. The summed E-state index contributed by atoms with van der Waals surface area (Å²) in [4.78, 5) is 0. The smallest absolute Gasteiger partial charge is 0.00732 e. The van der Waals surface area contributed by atoms with Crippen molar-refractivity contribution >= 4 is 34.7 Å². The molecule has 3 aromatic rings. The van der Waals surface area contributed by atoms with Crippen LogP contribution >= 0.6 is 0 Å². The van der Waals surface area contributed by atoms with Crippen LogP contribution in [0.3, 0.4) is 0 Å². The van der Waals surface area contributed by atoms with E-state index < -0.39 is 0 Å². The van der Waals surface area contributed by atoms with Gasteiger partial charge < -0.3 is 0 Å². The van der Waals surface area contributed by atoms with E-state index in [9.17, 15) is 0 Å². The number of rotatable bonds is 0. The molecule has 88 valence electrons. The van der Waals surface area contributed by atoms with Gasteiger partial charge in [-0.05, 0) is 57.0 Å². The summed E-state index contributed by atoms with van der Waals surface area (Å²) in [7, 11) is 0. The number of fused-ring (bicyclic) bond motifs is 2. The van der Waals surface area contributed by atoms with Crippen molar-refractivity contribution < 1.29 is 0 Å². The molecule has 0 atom stereocenters. The number of hydrogen-bond donors (Lipinski definition) is 0. The molecule has 0 saturated carbocycles. The van der Waals surface area contributed by atoms with E-state index in [4.69, 9.17) is 0 Å². The van der Waals surface area contributed by atoms with Crippen molar-refractivity contribution in [3.05, 3.63) is 58.0 Å². The largest absolute Gasteiger partial charge is 0.0911 e. The van der Waals surface area contributed by atoms with Crippen LogP contribution in [-0.2, 0) is 0 Å². The lowest BCUT2D eigenvalue weighted by Gasteiger charge is -2.11. The van der Waals surface area contributed by atoms with Crippen LogP contribution in [0.4, 0.5) is 0 Å². The Hall–Kier alpha value is -2.08. The lowest BCUT2D eigenvalue weighted by molar-refractivity contribution is 1.48. The van der Waals surface area contributed by atoms with Gasteiger partial charge in [-0.2, -0.15) is 0 Å². The summed E-state index contributed by atoms with van der Waals surface area (Å²) in [5.74, 6) is 0. The van der Waals surface area contributed by atoms with E-state index >= 15 is 0 Å². The first-order valence-electron chi connectivity index (χ1n) is 6.20. The maximum Gasteiger partial charge on any atom is -0.00732 e. The van der Waals surface area contributed by atoms with Crippen LogP contribution in [-0.4, -0.2) is 0 Å².